The Labute approximate surface area is 119 Å². The van der Waals surface area contributed by atoms with Crippen LogP contribution in [0, 0.1) is 0 Å². The quantitative estimate of drug-likeness (QED) is 0.740. The molecule has 0 radical (unpaired) electrons. The Morgan fingerprint density at radius 2 is 1.74 bits per heavy atom. The van der Waals surface area contributed by atoms with Crippen LogP contribution in [0.1, 0.15) is 0 Å². The lowest BCUT2D eigenvalue weighted by Gasteiger charge is -2.10. The number of hydrogen-bond acceptors (Lipinski definition) is 3. The highest BCUT2D eigenvalue weighted by molar-refractivity contribution is 9.10. The van der Waals surface area contributed by atoms with E-state index in [1.165, 1.54) is 5.39 Å². The zero-order valence-corrected chi connectivity index (χ0v) is 11.7. The summed E-state index contributed by atoms with van der Waals surface area (Å²) < 4.78 is 1.09. The molecule has 0 aliphatic carbocycles. The van der Waals surface area contributed by atoms with E-state index >= 15 is 0 Å². The van der Waals surface area contributed by atoms with Crippen molar-refractivity contribution in [2.24, 2.45) is 0 Å². The van der Waals surface area contributed by atoms with E-state index in [-0.39, 0.29) is 0 Å². The maximum absolute atomic E-state index is 5.59. The number of nitrogens with two attached hydrogens (primary N) is 1. The molecule has 1 aromatic heterocycles. The topological polar surface area (TPSA) is 50.9 Å². The van der Waals surface area contributed by atoms with Gasteiger partial charge in [0.25, 0.3) is 0 Å². The van der Waals surface area contributed by atoms with Crippen molar-refractivity contribution in [3.63, 3.8) is 0 Å². The van der Waals surface area contributed by atoms with E-state index in [0.717, 1.165) is 21.2 Å². The van der Waals surface area contributed by atoms with Crippen molar-refractivity contribution in [1.82, 2.24) is 4.98 Å². The first-order chi connectivity index (χ1) is 9.24. The summed E-state index contributed by atoms with van der Waals surface area (Å²) >= 11 is 3.57. The molecule has 3 rings (SSSR count). The zero-order valence-electron chi connectivity index (χ0n) is 10.1. The summed E-state index contributed by atoms with van der Waals surface area (Å²) in [5, 5.41) is 5.70. The van der Waals surface area contributed by atoms with Gasteiger partial charge in [-0.1, -0.05) is 40.2 Å². The predicted octanol–water partition coefficient (Wildman–Crippen LogP) is 4.32. The Morgan fingerprint density at radius 1 is 0.947 bits per heavy atom. The van der Waals surface area contributed by atoms with Gasteiger partial charge in [0.2, 0.25) is 0 Å². The average molecular weight is 314 g/mol. The third kappa shape index (κ3) is 2.39. The molecule has 0 fully saturated rings. The number of fused-ring (bicyclic) bond motifs is 1. The summed E-state index contributed by atoms with van der Waals surface area (Å²) in [7, 11) is 0. The largest absolute Gasteiger partial charge is 0.384 e. The molecule has 0 aliphatic rings. The van der Waals surface area contributed by atoms with E-state index in [2.05, 4.69) is 38.4 Å². The van der Waals surface area contributed by atoms with Crippen LogP contribution < -0.4 is 11.1 Å². The van der Waals surface area contributed by atoms with E-state index in [9.17, 15) is 0 Å². The first kappa shape index (κ1) is 12.0. The molecule has 2 aromatic carbocycles. The Balaban J connectivity index is 2.06. The highest BCUT2D eigenvalue weighted by Crippen LogP contribution is 2.31. The molecule has 3 aromatic rings. The minimum Gasteiger partial charge on any atom is -0.384 e. The fourth-order valence-corrected chi connectivity index (χ4v) is 2.48. The summed E-state index contributed by atoms with van der Waals surface area (Å²) in [5.41, 5.74) is 7.55. The Hall–Kier alpha value is -2.07. The smallest absolute Gasteiger partial charge is 0.123 e. The van der Waals surface area contributed by atoms with Gasteiger partial charge < -0.3 is 11.1 Å². The molecule has 19 heavy (non-hydrogen) atoms. The number of benzene rings is 2. The molecule has 1 heterocycles. The molecule has 0 spiro atoms. The normalized spacial score (nSPS) is 10.6. The third-order valence-electron chi connectivity index (χ3n) is 2.94. The summed E-state index contributed by atoms with van der Waals surface area (Å²) in [6.45, 7) is 0. The van der Waals surface area contributed by atoms with Gasteiger partial charge in [-0.05, 0) is 29.7 Å². The Kier molecular flexibility index (Phi) is 3.09. The summed E-state index contributed by atoms with van der Waals surface area (Å²) in [6.07, 6.45) is 1.73. The van der Waals surface area contributed by atoms with Crippen molar-refractivity contribution in [3.8, 4) is 0 Å². The van der Waals surface area contributed by atoms with Crippen LogP contribution in [-0.2, 0) is 0 Å². The lowest BCUT2D eigenvalue weighted by atomic mass is 10.1. The van der Waals surface area contributed by atoms with Gasteiger partial charge in [-0.2, -0.15) is 0 Å². The molecule has 3 N–H and O–H groups in total. The number of aromatic nitrogens is 1. The van der Waals surface area contributed by atoms with E-state index in [0.29, 0.717) is 5.82 Å². The van der Waals surface area contributed by atoms with Gasteiger partial charge in [-0.15, -0.1) is 0 Å². The number of halogens is 1. The molecule has 0 amide bonds. The number of hydrogen-bond donors (Lipinski definition) is 2. The number of nitrogens with one attached hydrogen (secondary N) is 1. The highest BCUT2D eigenvalue weighted by Gasteiger charge is 2.04. The van der Waals surface area contributed by atoms with Crippen LogP contribution in [0.5, 0.6) is 0 Å². The number of pyridine rings is 1. The van der Waals surface area contributed by atoms with Crippen LogP contribution in [0.15, 0.2) is 59.2 Å². The van der Waals surface area contributed by atoms with Gasteiger partial charge in [-0.3, -0.25) is 0 Å². The second-order valence-corrected chi connectivity index (χ2v) is 5.09. The number of nitrogens with zero attached hydrogens (tertiary/aromatic N) is 1. The van der Waals surface area contributed by atoms with Gasteiger partial charge in [-0.25, -0.2) is 4.98 Å². The van der Waals surface area contributed by atoms with Crippen molar-refractivity contribution < 1.29 is 0 Å². The second kappa shape index (κ2) is 4.90. The lowest BCUT2D eigenvalue weighted by molar-refractivity contribution is 1.33. The SMILES string of the molecule is Nc1ccc(Nc2ccc(Br)c3ccccc23)cn1. The van der Waals surface area contributed by atoms with Crippen LogP contribution in [0.25, 0.3) is 10.8 Å². The first-order valence-electron chi connectivity index (χ1n) is 5.90. The molecule has 0 saturated heterocycles. The molecular formula is C15H12BrN3. The van der Waals surface area contributed by atoms with Crippen molar-refractivity contribution in [3.05, 3.63) is 59.2 Å². The maximum atomic E-state index is 5.59. The summed E-state index contributed by atoms with van der Waals surface area (Å²) in [4.78, 5) is 4.08. The Morgan fingerprint density at radius 3 is 2.47 bits per heavy atom. The maximum Gasteiger partial charge on any atom is 0.123 e. The van der Waals surface area contributed by atoms with Crippen molar-refractivity contribution >= 4 is 43.9 Å². The molecule has 0 unspecified atom stereocenters. The van der Waals surface area contributed by atoms with Crippen molar-refractivity contribution in [2.45, 2.75) is 0 Å². The first-order valence-corrected chi connectivity index (χ1v) is 6.69. The van der Waals surface area contributed by atoms with Gasteiger partial charge in [0.1, 0.15) is 5.82 Å². The molecule has 94 valence electrons. The third-order valence-corrected chi connectivity index (χ3v) is 3.63. The summed E-state index contributed by atoms with van der Waals surface area (Å²) in [5.74, 6) is 0.520. The number of anilines is 3. The Bertz CT molecular complexity index is 723. The van der Waals surface area contributed by atoms with Crippen molar-refractivity contribution in [2.75, 3.05) is 11.1 Å². The van der Waals surface area contributed by atoms with Crippen LogP contribution in [0.2, 0.25) is 0 Å². The fourth-order valence-electron chi connectivity index (χ4n) is 2.01. The van der Waals surface area contributed by atoms with E-state index in [1.807, 2.05) is 30.3 Å². The monoisotopic (exact) mass is 313 g/mol. The number of rotatable bonds is 2. The van der Waals surface area contributed by atoms with Gasteiger partial charge >= 0.3 is 0 Å². The van der Waals surface area contributed by atoms with Gasteiger partial charge in [0.05, 0.1) is 11.9 Å². The second-order valence-electron chi connectivity index (χ2n) is 4.24. The molecule has 4 heteroatoms. The zero-order chi connectivity index (χ0) is 13.2. The molecule has 0 atom stereocenters. The standard InChI is InChI=1S/C15H12BrN3/c16-13-6-7-14(12-4-2-1-3-11(12)13)19-10-5-8-15(17)18-9-10/h1-9,19H,(H2,17,18). The van der Waals surface area contributed by atoms with Crippen LogP contribution >= 0.6 is 15.9 Å². The molecule has 0 saturated carbocycles. The molecule has 0 aliphatic heterocycles. The predicted molar refractivity (Wildman–Crippen MR) is 83.6 cm³/mol. The average Bonchev–Trinajstić information content (AvgIpc) is 2.45. The fraction of sp³-hybridized carbons (Fsp3) is 0. The van der Waals surface area contributed by atoms with E-state index < -0.39 is 0 Å². The van der Waals surface area contributed by atoms with E-state index in [4.69, 9.17) is 5.73 Å². The number of nitrogen functional groups attached to an aromatic ring is 1. The molecular weight excluding hydrogens is 302 g/mol. The van der Waals surface area contributed by atoms with E-state index in [1.54, 1.807) is 12.3 Å². The van der Waals surface area contributed by atoms with Gasteiger partial charge in [0.15, 0.2) is 0 Å². The van der Waals surface area contributed by atoms with Crippen LogP contribution in [0.4, 0.5) is 17.2 Å². The summed E-state index contributed by atoms with van der Waals surface area (Å²) in [6, 6.07) is 16.0. The highest BCUT2D eigenvalue weighted by atomic mass is 79.9. The molecule has 0 bridgehead atoms. The van der Waals surface area contributed by atoms with Crippen molar-refractivity contribution in [1.29, 1.82) is 0 Å². The van der Waals surface area contributed by atoms with Gasteiger partial charge in [0, 0.05) is 15.5 Å². The molecule has 3 nitrogen and oxygen atoms in total. The minimum atomic E-state index is 0.520. The lowest BCUT2D eigenvalue weighted by Crippen LogP contribution is -1.94. The van der Waals surface area contributed by atoms with Crippen LogP contribution in [-0.4, -0.2) is 4.98 Å². The minimum absolute atomic E-state index is 0.520. The van der Waals surface area contributed by atoms with Crippen LogP contribution in [0.3, 0.4) is 0 Å².